The molecule has 0 fully saturated rings. The molecule has 0 saturated carbocycles. The predicted molar refractivity (Wildman–Crippen MR) is 51.9 cm³/mol. The first-order valence-corrected chi connectivity index (χ1v) is 4.59. The number of pyridine rings is 1. The van der Waals surface area contributed by atoms with Gasteiger partial charge in [-0.3, -0.25) is 4.98 Å². The van der Waals surface area contributed by atoms with Crippen molar-refractivity contribution in [3.63, 3.8) is 0 Å². The summed E-state index contributed by atoms with van der Waals surface area (Å²) in [5, 5.41) is 9.20. The standard InChI is InChI=1S/C9H6BrNO2/c10-3-1-2-7-4-8(9(12)13)6-11-5-7/h4-6H,3H2,(H,12,13). The number of nitrogens with zero attached hydrogens (tertiary/aromatic N) is 1. The molecule has 3 nitrogen and oxygen atoms in total. The number of aromatic nitrogens is 1. The lowest BCUT2D eigenvalue weighted by atomic mass is 10.2. The van der Waals surface area contributed by atoms with Gasteiger partial charge in [-0.1, -0.05) is 27.8 Å². The maximum absolute atomic E-state index is 10.5. The van der Waals surface area contributed by atoms with Crippen LogP contribution in [0.2, 0.25) is 0 Å². The van der Waals surface area contributed by atoms with Crippen molar-refractivity contribution in [2.45, 2.75) is 0 Å². The number of hydrogen-bond donors (Lipinski definition) is 1. The summed E-state index contributed by atoms with van der Waals surface area (Å²) in [4.78, 5) is 14.3. The third-order valence-electron chi connectivity index (χ3n) is 1.28. The van der Waals surface area contributed by atoms with E-state index >= 15 is 0 Å². The van der Waals surface area contributed by atoms with Crippen LogP contribution in [0.1, 0.15) is 15.9 Å². The van der Waals surface area contributed by atoms with Gasteiger partial charge in [0.15, 0.2) is 0 Å². The summed E-state index contributed by atoms with van der Waals surface area (Å²) in [6.07, 6.45) is 2.82. The molecule has 1 rings (SSSR count). The zero-order valence-corrected chi connectivity index (χ0v) is 8.21. The van der Waals surface area contributed by atoms with E-state index in [4.69, 9.17) is 5.11 Å². The molecule has 1 N–H and O–H groups in total. The molecule has 4 heteroatoms. The Morgan fingerprint density at radius 1 is 1.62 bits per heavy atom. The van der Waals surface area contributed by atoms with Crippen molar-refractivity contribution >= 4 is 21.9 Å². The summed E-state index contributed by atoms with van der Waals surface area (Å²) in [5.74, 6) is 4.54. The van der Waals surface area contributed by atoms with Crippen LogP contribution in [0.5, 0.6) is 0 Å². The average Bonchev–Trinajstić information content (AvgIpc) is 2.15. The van der Waals surface area contributed by atoms with Crippen molar-refractivity contribution < 1.29 is 9.90 Å². The molecule has 0 amide bonds. The molecule has 13 heavy (non-hydrogen) atoms. The summed E-state index contributed by atoms with van der Waals surface area (Å²) >= 11 is 3.14. The maximum Gasteiger partial charge on any atom is 0.337 e. The number of halogens is 1. The van der Waals surface area contributed by atoms with Gasteiger partial charge in [-0.2, -0.15) is 0 Å². The maximum atomic E-state index is 10.5. The molecule has 66 valence electrons. The number of rotatable bonds is 1. The minimum Gasteiger partial charge on any atom is -0.478 e. The fourth-order valence-electron chi connectivity index (χ4n) is 0.761. The first-order valence-electron chi connectivity index (χ1n) is 3.47. The molecule has 0 radical (unpaired) electrons. The Labute approximate surface area is 83.9 Å². The Bertz CT molecular complexity index is 379. The van der Waals surface area contributed by atoms with Crippen molar-refractivity contribution in [2.24, 2.45) is 0 Å². The molecule has 0 spiro atoms. The summed E-state index contributed by atoms with van der Waals surface area (Å²) < 4.78 is 0. The molecule has 0 unspecified atom stereocenters. The van der Waals surface area contributed by atoms with Crippen LogP contribution < -0.4 is 0 Å². The van der Waals surface area contributed by atoms with Gasteiger partial charge >= 0.3 is 5.97 Å². The fraction of sp³-hybridized carbons (Fsp3) is 0.111. The SMILES string of the molecule is O=C(O)c1cncc(C#CCBr)c1. The van der Waals surface area contributed by atoms with Crippen molar-refractivity contribution in [1.29, 1.82) is 0 Å². The van der Waals surface area contributed by atoms with E-state index in [1.807, 2.05) is 0 Å². The highest BCUT2D eigenvalue weighted by atomic mass is 79.9. The van der Waals surface area contributed by atoms with Gasteiger partial charge in [-0.25, -0.2) is 4.79 Å². The van der Waals surface area contributed by atoms with Crippen LogP contribution in [-0.2, 0) is 0 Å². The molecular formula is C9H6BrNO2. The van der Waals surface area contributed by atoms with Gasteiger partial charge in [0.1, 0.15) is 0 Å². The number of alkyl halides is 1. The van der Waals surface area contributed by atoms with Gasteiger partial charge in [0.05, 0.1) is 10.9 Å². The van der Waals surface area contributed by atoms with Crippen LogP contribution in [0.15, 0.2) is 18.5 Å². The molecule has 0 bridgehead atoms. The Morgan fingerprint density at radius 2 is 2.38 bits per heavy atom. The molecular weight excluding hydrogens is 234 g/mol. The van der Waals surface area contributed by atoms with Gasteiger partial charge in [0.2, 0.25) is 0 Å². The molecule has 0 atom stereocenters. The monoisotopic (exact) mass is 239 g/mol. The lowest BCUT2D eigenvalue weighted by Crippen LogP contribution is -1.97. The van der Waals surface area contributed by atoms with Crippen LogP contribution >= 0.6 is 15.9 Å². The van der Waals surface area contributed by atoms with Crippen molar-refractivity contribution in [3.8, 4) is 11.8 Å². The summed E-state index contributed by atoms with van der Waals surface area (Å²) in [7, 11) is 0. The van der Waals surface area contributed by atoms with E-state index in [1.54, 1.807) is 0 Å². The second-order valence-electron chi connectivity index (χ2n) is 2.20. The van der Waals surface area contributed by atoms with Gasteiger partial charge < -0.3 is 5.11 Å². The first-order chi connectivity index (χ1) is 6.24. The average molecular weight is 240 g/mol. The lowest BCUT2D eigenvalue weighted by Gasteiger charge is -1.93. The molecule has 0 aromatic carbocycles. The Morgan fingerprint density at radius 3 is 3.00 bits per heavy atom. The third-order valence-corrected chi connectivity index (χ3v) is 1.57. The van der Waals surface area contributed by atoms with Gasteiger partial charge in [0.25, 0.3) is 0 Å². The third kappa shape index (κ3) is 2.88. The smallest absolute Gasteiger partial charge is 0.337 e. The highest BCUT2D eigenvalue weighted by molar-refractivity contribution is 9.09. The van der Waals surface area contributed by atoms with E-state index in [2.05, 4.69) is 32.8 Å². The Balaban J connectivity index is 2.98. The number of aromatic carboxylic acids is 1. The molecule has 0 aliphatic rings. The van der Waals surface area contributed by atoms with Crippen LogP contribution in [0.3, 0.4) is 0 Å². The first kappa shape index (κ1) is 9.75. The van der Waals surface area contributed by atoms with E-state index in [9.17, 15) is 4.79 Å². The lowest BCUT2D eigenvalue weighted by molar-refractivity contribution is 0.0696. The normalized spacial score (nSPS) is 8.69. The summed E-state index contributed by atoms with van der Waals surface area (Å²) in [5.41, 5.74) is 0.765. The molecule has 0 aliphatic carbocycles. The molecule has 0 aliphatic heterocycles. The molecule has 1 heterocycles. The quantitative estimate of drug-likeness (QED) is 0.598. The second-order valence-corrected chi connectivity index (χ2v) is 2.76. The highest BCUT2D eigenvalue weighted by Crippen LogP contribution is 2.00. The Hall–Kier alpha value is -1.34. The summed E-state index contributed by atoms with van der Waals surface area (Å²) in [6.45, 7) is 0. The topological polar surface area (TPSA) is 50.2 Å². The number of hydrogen-bond acceptors (Lipinski definition) is 2. The second kappa shape index (κ2) is 4.63. The number of carboxylic acids is 1. The van der Waals surface area contributed by atoms with Gasteiger partial charge in [-0.05, 0) is 6.07 Å². The zero-order valence-electron chi connectivity index (χ0n) is 6.62. The molecule has 0 saturated heterocycles. The number of carbonyl (C=O) groups is 1. The van der Waals surface area contributed by atoms with Crippen LogP contribution in [0.25, 0.3) is 0 Å². The van der Waals surface area contributed by atoms with E-state index in [0.717, 1.165) is 0 Å². The van der Waals surface area contributed by atoms with E-state index in [1.165, 1.54) is 18.5 Å². The van der Waals surface area contributed by atoms with Crippen LogP contribution in [0, 0.1) is 11.8 Å². The van der Waals surface area contributed by atoms with Crippen LogP contribution in [-0.4, -0.2) is 21.4 Å². The van der Waals surface area contributed by atoms with E-state index in [-0.39, 0.29) is 5.56 Å². The highest BCUT2D eigenvalue weighted by Gasteiger charge is 2.01. The molecule has 1 aromatic heterocycles. The van der Waals surface area contributed by atoms with Crippen molar-refractivity contribution in [2.75, 3.05) is 5.33 Å². The van der Waals surface area contributed by atoms with Crippen molar-refractivity contribution in [3.05, 3.63) is 29.6 Å². The van der Waals surface area contributed by atoms with Crippen LogP contribution in [0.4, 0.5) is 0 Å². The van der Waals surface area contributed by atoms with E-state index < -0.39 is 5.97 Å². The fourth-order valence-corrected chi connectivity index (χ4v) is 0.901. The summed E-state index contributed by atoms with van der Waals surface area (Å²) in [6, 6.07) is 1.49. The Kier molecular flexibility index (Phi) is 3.47. The molecule has 1 aromatic rings. The largest absolute Gasteiger partial charge is 0.478 e. The zero-order chi connectivity index (χ0) is 9.68. The predicted octanol–water partition coefficient (Wildman–Crippen LogP) is 1.53. The van der Waals surface area contributed by atoms with Gasteiger partial charge in [0, 0.05) is 18.0 Å². The number of carboxylic acid groups (broad SMARTS) is 1. The van der Waals surface area contributed by atoms with E-state index in [0.29, 0.717) is 10.9 Å². The minimum atomic E-state index is -0.991. The van der Waals surface area contributed by atoms with Crippen molar-refractivity contribution in [1.82, 2.24) is 4.98 Å². The minimum absolute atomic E-state index is 0.154. The van der Waals surface area contributed by atoms with Gasteiger partial charge in [-0.15, -0.1) is 0 Å².